The van der Waals surface area contributed by atoms with Crippen molar-refractivity contribution in [2.75, 3.05) is 18.7 Å². The Morgan fingerprint density at radius 2 is 1.70 bits per heavy atom. The molecule has 7 nitrogen and oxygen atoms in total. The topological polar surface area (TPSA) is 64.0 Å². The van der Waals surface area contributed by atoms with Crippen molar-refractivity contribution in [1.29, 1.82) is 0 Å². The maximum absolute atomic E-state index is 14.8. The average Bonchev–Trinajstić information content (AvgIpc) is 2.95. The molecule has 4 aromatic rings. The maximum Gasteiger partial charge on any atom is 0.277 e. The Morgan fingerprint density at radius 3 is 2.48 bits per heavy atom. The van der Waals surface area contributed by atoms with Gasteiger partial charge in [0.2, 0.25) is 5.43 Å². The van der Waals surface area contributed by atoms with Crippen molar-refractivity contribution in [2.45, 2.75) is 25.2 Å². The van der Waals surface area contributed by atoms with Gasteiger partial charge >= 0.3 is 0 Å². The fourth-order valence-corrected chi connectivity index (χ4v) is 5.82. The molecule has 3 heterocycles. The molecular formula is C30H24BrF2N3O4. The van der Waals surface area contributed by atoms with Crippen molar-refractivity contribution in [3.63, 3.8) is 0 Å². The zero-order valence-electron chi connectivity index (χ0n) is 21.4. The number of fused-ring (bicyclic) bond motifs is 4. The van der Waals surface area contributed by atoms with Gasteiger partial charge in [0.05, 0.1) is 6.61 Å². The third-order valence-corrected chi connectivity index (χ3v) is 7.95. The van der Waals surface area contributed by atoms with E-state index >= 15 is 0 Å². The highest BCUT2D eigenvalue weighted by atomic mass is 79.9. The first-order valence-corrected chi connectivity index (χ1v) is 13.5. The number of carbonyl (C=O) groups is 1. The van der Waals surface area contributed by atoms with Crippen LogP contribution in [-0.2, 0) is 6.61 Å². The number of hydrogen-bond donors (Lipinski definition) is 0. The Balaban J connectivity index is 1.59. The molecule has 1 unspecified atom stereocenters. The predicted molar refractivity (Wildman–Crippen MR) is 148 cm³/mol. The highest BCUT2D eigenvalue weighted by Gasteiger charge is 2.44. The molecule has 0 bridgehead atoms. The van der Waals surface area contributed by atoms with Gasteiger partial charge in [-0.1, -0.05) is 64.5 Å². The number of rotatable bonds is 4. The van der Waals surface area contributed by atoms with Crippen LogP contribution in [-0.4, -0.2) is 35.3 Å². The van der Waals surface area contributed by atoms with Crippen LogP contribution in [0.25, 0.3) is 0 Å². The first-order chi connectivity index (χ1) is 19.3. The third kappa shape index (κ3) is 4.42. The van der Waals surface area contributed by atoms with E-state index in [1.165, 1.54) is 17.2 Å². The first-order valence-electron chi connectivity index (χ1n) is 12.7. The summed E-state index contributed by atoms with van der Waals surface area (Å²) in [6.07, 6.45) is 1.33. The van der Waals surface area contributed by atoms with Crippen LogP contribution in [0.2, 0.25) is 0 Å². The standard InChI is InChI=1S/C30H24BrF2N3O4/c1-34-26-12-14-39-25-16-23(33)22(32)15-20(25)27(19-9-5-6-10-21(19)31)36(26)35-13-11-24(37)29(28(35)30(34)38)40-17-18-7-3-2-4-8-18/h2-11,13,15-16,26-27H,12,14,17H2,1H3/t26?,27-/m1/s1. The lowest BCUT2D eigenvalue weighted by Gasteiger charge is -2.50. The minimum Gasteiger partial charge on any atom is -0.493 e. The zero-order chi connectivity index (χ0) is 28.0. The third-order valence-electron chi connectivity index (χ3n) is 7.23. The van der Waals surface area contributed by atoms with E-state index < -0.39 is 35.2 Å². The van der Waals surface area contributed by atoms with Gasteiger partial charge in [0.1, 0.15) is 24.6 Å². The van der Waals surface area contributed by atoms with E-state index in [4.69, 9.17) is 9.47 Å². The number of pyridine rings is 1. The van der Waals surface area contributed by atoms with Crippen LogP contribution < -0.4 is 19.9 Å². The molecule has 0 aliphatic carbocycles. The van der Waals surface area contributed by atoms with Gasteiger partial charge in [0.15, 0.2) is 23.1 Å². The Bertz CT molecular complexity index is 1660. The summed E-state index contributed by atoms with van der Waals surface area (Å²) in [6.45, 7) is 0.231. The zero-order valence-corrected chi connectivity index (χ0v) is 23.0. The molecule has 2 aliphatic rings. The van der Waals surface area contributed by atoms with Gasteiger partial charge in [-0.25, -0.2) is 8.78 Å². The number of carbonyl (C=O) groups excluding carboxylic acids is 1. The van der Waals surface area contributed by atoms with E-state index in [0.29, 0.717) is 12.0 Å². The van der Waals surface area contributed by atoms with E-state index in [0.717, 1.165) is 27.7 Å². The second-order valence-electron chi connectivity index (χ2n) is 9.62. The minimum atomic E-state index is -1.02. The highest BCUT2D eigenvalue weighted by Crippen LogP contribution is 2.43. The number of amides is 1. The van der Waals surface area contributed by atoms with E-state index in [-0.39, 0.29) is 30.4 Å². The summed E-state index contributed by atoms with van der Waals surface area (Å²) in [5.74, 6) is -2.34. The normalized spacial score (nSPS) is 18.1. The Kier molecular flexibility index (Phi) is 6.79. The van der Waals surface area contributed by atoms with Gasteiger partial charge < -0.3 is 14.4 Å². The summed E-state index contributed by atoms with van der Waals surface area (Å²) in [7, 11) is 1.65. The van der Waals surface area contributed by atoms with Crippen LogP contribution in [0.1, 0.15) is 39.6 Å². The second-order valence-corrected chi connectivity index (χ2v) is 10.5. The van der Waals surface area contributed by atoms with Crippen LogP contribution in [0, 0.1) is 11.6 Å². The summed E-state index contributed by atoms with van der Waals surface area (Å²) < 4.78 is 43.4. The van der Waals surface area contributed by atoms with Gasteiger partial charge in [-0.05, 0) is 23.3 Å². The van der Waals surface area contributed by atoms with Crippen LogP contribution in [0.3, 0.4) is 0 Å². The summed E-state index contributed by atoms with van der Waals surface area (Å²) in [5, 5.41) is 1.89. The number of hydrogen-bond acceptors (Lipinski definition) is 5. The van der Waals surface area contributed by atoms with Gasteiger partial charge in [0.25, 0.3) is 5.91 Å². The fraction of sp³-hybridized carbons (Fsp3) is 0.200. The lowest BCUT2D eigenvalue weighted by atomic mass is 9.94. The number of aromatic nitrogens is 1. The fourth-order valence-electron chi connectivity index (χ4n) is 5.32. The monoisotopic (exact) mass is 607 g/mol. The average molecular weight is 608 g/mol. The van der Waals surface area contributed by atoms with Crippen LogP contribution in [0.5, 0.6) is 11.5 Å². The molecule has 10 heteroatoms. The van der Waals surface area contributed by atoms with E-state index in [2.05, 4.69) is 15.9 Å². The van der Waals surface area contributed by atoms with Gasteiger partial charge in [-0.15, -0.1) is 0 Å². The van der Waals surface area contributed by atoms with E-state index in [1.807, 2.05) is 59.6 Å². The Morgan fingerprint density at radius 1 is 0.975 bits per heavy atom. The number of ether oxygens (including phenoxy) is 2. The molecule has 0 radical (unpaired) electrons. The molecule has 1 aromatic heterocycles. The van der Waals surface area contributed by atoms with Gasteiger partial charge in [-0.2, -0.15) is 0 Å². The maximum atomic E-state index is 14.8. The molecule has 0 N–H and O–H groups in total. The van der Waals surface area contributed by atoms with Crippen LogP contribution in [0.4, 0.5) is 8.78 Å². The minimum absolute atomic E-state index is 0.0462. The number of nitrogens with zero attached hydrogens (tertiary/aromatic N) is 3. The highest BCUT2D eigenvalue weighted by molar-refractivity contribution is 9.10. The molecule has 0 fully saturated rings. The molecule has 2 atom stereocenters. The van der Waals surface area contributed by atoms with E-state index in [9.17, 15) is 18.4 Å². The molecule has 204 valence electrons. The second kappa shape index (κ2) is 10.4. The molecule has 6 rings (SSSR count). The summed E-state index contributed by atoms with van der Waals surface area (Å²) in [4.78, 5) is 28.4. The van der Waals surface area contributed by atoms with Crippen molar-refractivity contribution in [3.05, 3.63) is 128 Å². The summed E-state index contributed by atoms with van der Waals surface area (Å²) in [6, 6.07) is 19.5. The molecule has 40 heavy (non-hydrogen) atoms. The molecule has 0 saturated carbocycles. The van der Waals surface area contributed by atoms with Gasteiger partial charge in [-0.3, -0.25) is 19.3 Å². The largest absolute Gasteiger partial charge is 0.493 e. The van der Waals surface area contributed by atoms with Gasteiger partial charge in [0, 0.05) is 41.8 Å². The molecule has 0 saturated heterocycles. The van der Waals surface area contributed by atoms with Crippen LogP contribution in [0.15, 0.2) is 88.3 Å². The van der Waals surface area contributed by atoms with Crippen molar-refractivity contribution >= 4 is 21.8 Å². The first kappa shape index (κ1) is 26.1. The molecular weight excluding hydrogens is 584 g/mol. The van der Waals surface area contributed by atoms with E-state index in [1.54, 1.807) is 11.7 Å². The molecule has 0 spiro atoms. The Hall–Kier alpha value is -4.18. The smallest absolute Gasteiger partial charge is 0.277 e. The van der Waals surface area contributed by atoms with Crippen LogP contribution >= 0.6 is 15.9 Å². The Labute approximate surface area is 237 Å². The lowest BCUT2D eigenvalue weighted by molar-refractivity contribution is 0.0569. The molecule has 2 aliphatic heterocycles. The van der Waals surface area contributed by atoms with Crippen molar-refractivity contribution < 1.29 is 23.0 Å². The number of halogens is 3. The lowest BCUT2D eigenvalue weighted by Crippen LogP contribution is -2.62. The van der Waals surface area contributed by atoms with Crippen molar-refractivity contribution in [1.82, 2.24) is 9.58 Å². The SMILES string of the molecule is CN1C(=O)c2c(OCc3ccccc3)c(=O)ccn2N2C1CCOc1cc(F)c(F)cc1[C@H]2c1ccccc1Br. The number of benzene rings is 3. The molecule has 1 amide bonds. The quantitative estimate of drug-likeness (QED) is 0.311. The predicted octanol–water partition coefficient (Wildman–Crippen LogP) is 5.39. The van der Waals surface area contributed by atoms with Crippen molar-refractivity contribution in [2.24, 2.45) is 0 Å². The summed E-state index contributed by atoms with van der Waals surface area (Å²) >= 11 is 3.62. The van der Waals surface area contributed by atoms with Crippen molar-refractivity contribution in [3.8, 4) is 11.5 Å². The molecule has 3 aromatic carbocycles. The summed E-state index contributed by atoms with van der Waals surface area (Å²) in [5.41, 5.74) is 1.53.